The smallest absolute Gasteiger partial charge is 0.407 e. The number of nitrogens with zero attached hydrogens (tertiary/aromatic N) is 3. The molecule has 1 amide bonds. The third-order valence-electron chi connectivity index (χ3n) is 5.34. The van der Waals surface area contributed by atoms with E-state index >= 15 is 0 Å². The van der Waals surface area contributed by atoms with Crippen molar-refractivity contribution in [1.82, 2.24) is 25.2 Å². The first-order chi connectivity index (χ1) is 15.3. The number of halogens is 1. The second-order valence-corrected chi connectivity index (χ2v) is 9.53. The molecule has 3 heterocycles. The van der Waals surface area contributed by atoms with Crippen LogP contribution in [-0.2, 0) is 11.3 Å². The highest BCUT2D eigenvalue weighted by molar-refractivity contribution is 6.30. The summed E-state index contributed by atoms with van der Waals surface area (Å²) in [5, 5.41) is 7.99. The van der Waals surface area contributed by atoms with Crippen LogP contribution in [0, 0.1) is 0 Å². The van der Waals surface area contributed by atoms with Gasteiger partial charge in [-0.15, -0.1) is 0 Å². The van der Waals surface area contributed by atoms with Crippen molar-refractivity contribution in [2.24, 2.45) is 0 Å². The lowest BCUT2D eigenvalue weighted by Crippen LogP contribution is -2.45. The molecule has 0 aliphatic carbocycles. The molecule has 4 rings (SSSR count). The summed E-state index contributed by atoms with van der Waals surface area (Å²) in [5.41, 5.74) is 2.31. The van der Waals surface area contributed by atoms with Gasteiger partial charge >= 0.3 is 6.09 Å². The van der Waals surface area contributed by atoms with E-state index in [1.54, 1.807) is 6.33 Å². The molecule has 1 fully saturated rings. The summed E-state index contributed by atoms with van der Waals surface area (Å²) in [6.07, 6.45) is 4.95. The van der Waals surface area contributed by atoms with Crippen molar-refractivity contribution >= 4 is 40.2 Å². The number of alkyl carbamates (subject to hydrolysis) is 1. The first-order valence-corrected chi connectivity index (χ1v) is 11.2. The summed E-state index contributed by atoms with van der Waals surface area (Å²) in [6, 6.07) is 7.69. The van der Waals surface area contributed by atoms with Gasteiger partial charge in [0.05, 0.1) is 5.39 Å². The Bertz CT molecular complexity index is 1090. The molecule has 0 radical (unpaired) electrons. The number of anilines is 2. The lowest BCUT2D eigenvalue weighted by molar-refractivity contribution is 0.0477. The number of aromatic nitrogens is 3. The van der Waals surface area contributed by atoms with Crippen LogP contribution in [0.3, 0.4) is 0 Å². The Morgan fingerprint density at radius 1 is 1.28 bits per heavy atom. The Labute approximate surface area is 192 Å². The Morgan fingerprint density at radius 3 is 2.78 bits per heavy atom. The van der Waals surface area contributed by atoms with E-state index in [1.807, 2.05) is 51.2 Å². The number of rotatable bonds is 5. The predicted molar refractivity (Wildman–Crippen MR) is 126 cm³/mol. The van der Waals surface area contributed by atoms with Crippen LogP contribution in [0.15, 0.2) is 36.8 Å². The van der Waals surface area contributed by atoms with E-state index in [0.29, 0.717) is 5.02 Å². The SMILES string of the molecule is CC(C)(C)OC(=O)NC1CCN(Cc2c[nH]c3ncnc(Nc4cccc(Cl)c4)c23)CC1. The van der Waals surface area contributed by atoms with Crippen molar-refractivity contribution in [3.8, 4) is 0 Å². The molecule has 0 unspecified atom stereocenters. The van der Waals surface area contributed by atoms with Crippen molar-refractivity contribution in [1.29, 1.82) is 0 Å². The number of carbonyl (C=O) groups is 1. The van der Waals surface area contributed by atoms with Gasteiger partial charge in [-0.1, -0.05) is 17.7 Å². The number of hydrogen-bond donors (Lipinski definition) is 3. The van der Waals surface area contributed by atoms with Gasteiger partial charge in [0.1, 0.15) is 23.4 Å². The van der Waals surface area contributed by atoms with Crippen LogP contribution < -0.4 is 10.6 Å². The molecule has 3 N–H and O–H groups in total. The van der Waals surface area contributed by atoms with E-state index in [-0.39, 0.29) is 12.1 Å². The number of likely N-dealkylation sites (tertiary alicyclic amines) is 1. The van der Waals surface area contributed by atoms with Crippen molar-refractivity contribution in [2.45, 2.75) is 51.8 Å². The monoisotopic (exact) mass is 456 g/mol. The number of H-pyrrole nitrogens is 1. The topological polar surface area (TPSA) is 95.2 Å². The summed E-state index contributed by atoms with van der Waals surface area (Å²) in [6.45, 7) is 8.16. The maximum absolute atomic E-state index is 12.0. The lowest BCUT2D eigenvalue weighted by Gasteiger charge is -2.32. The molecule has 1 aromatic carbocycles. The second-order valence-electron chi connectivity index (χ2n) is 9.09. The van der Waals surface area contributed by atoms with E-state index < -0.39 is 5.60 Å². The molecule has 1 aliphatic rings. The molecule has 0 bridgehead atoms. The van der Waals surface area contributed by atoms with Crippen molar-refractivity contribution < 1.29 is 9.53 Å². The number of fused-ring (bicyclic) bond motifs is 1. The second kappa shape index (κ2) is 9.34. The van der Waals surface area contributed by atoms with Gasteiger partial charge in [0.15, 0.2) is 0 Å². The van der Waals surface area contributed by atoms with Crippen molar-refractivity contribution in [3.63, 3.8) is 0 Å². The molecular weight excluding hydrogens is 428 g/mol. The summed E-state index contributed by atoms with van der Waals surface area (Å²) in [7, 11) is 0. The Morgan fingerprint density at radius 2 is 2.06 bits per heavy atom. The van der Waals surface area contributed by atoms with Gasteiger partial charge < -0.3 is 20.4 Å². The van der Waals surface area contributed by atoms with Crippen LogP contribution in [0.4, 0.5) is 16.3 Å². The van der Waals surface area contributed by atoms with Crippen LogP contribution in [0.5, 0.6) is 0 Å². The van der Waals surface area contributed by atoms with E-state index in [0.717, 1.165) is 60.6 Å². The average Bonchev–Trinajstić information content (AvgIpc) is 3.12. The number of hydrogen-bond acceptors (Lipinski definition) is 6. The first kappa shape index (κ1) is 22.4. The number of aromatic amines is 1. The molecular formula is C23H29ClN6O2. The molecule has 0 saturated carbocycles. The minimum Gasteiger partial charge on any atom is -0.444 e. The zero-order chi connectivity index (χ0) is 22.7. The molecule has 9 heteroatoms. The maximum atomic E-state index is 12.0. The normalized spacial score (nSPS) is 15.6. The number of nitrogens with one attached hydrogen (secondary N) is 3. The van der Waals surface area contributed by atoms with E-state index in [9.17, 15) is 4.79 Å². The average molecular weight is 457 g/mol. The number of amides is 1. The molecule has 1 saturated heterocycles. The minimum atomic E-state index is -0.487. The number of ether oxygens (including phenoxy) is 1. The number of carbonyl (C=O) groups excluding carboxylic acids is 1. The molecule has 3 aromatic rings. The van der Waals surface area contributed by atoms with Crippen molar-refractivity contribution in [3.05, 3.63) is 47.4 Å². The highest BCUT2D eigenvalue weighted by Crippen LogP contribution is 2.28. The zero-order valence-electron chi connectivity index (χ0n) is 18.6. The fourth-order valence-corrected chi connectivity index (χ4v) is 4.09. The quantitative estimate of drug-likeness (QED) is 0.508. The summed E-state index contributed by atoms with van der Waals surface area (Å²) in [4.78, 5) is 26.5. The van der Waals surface area contributed by atoms with Crippen LogP contribution in [0.2, 0.25) is 5.02 Å². The molecule has 0 spiro atoms. The summed E-state index contributed by atoms with van der Waals surface area (Å²) < 4.78 is 5.37. The fraction of sp³-hybridized carbons (Fsp3) is 0.435. The Kier molecular flexibility index (Phi) is 6.53. The molecule has 170 valence electrons. The largest absolute Gasteiger partial charge is 0.444 e. The highest BCUT2D eigenvalue weighted by Gasteiger charge is 2.24. The molecule has 32 heavy (non-hydrogen) atoms. The van der Waals surface area contributed by atoms with Crippen LogP contribution in [0.25, 0.3) is 11.0 Å². The van der Waals surface area contributed by atoms with Gasteiger partial charge in [-0.2, -0.15) is 0 Å². The van der Waals surface area contributed by atoms with Gasteiger partial charge in [0.2, 0.25) is 0 Å². The Balaban J connectivity index is 1.40. The lowest BCUT2D eigenvalue weighted by atomic mass is 10.0. The maximum Gasteiger partial charge on any atom is 0.407 e. The number of piperidine rings is 1. The standard InChI is InChI=1S/C23H29ClN6O2/c1-23(2,3)32-22(31)29-17-7-9-30(10-8-17)13-15-12-25-20-19(15)21(27-14-26-20)28-18-6-4-5-16(24)11-18/h4-6,11-12,14,17H,7-10,13H2,1-3H3,(H,29,31)(H2,25,26,27,28). The highest BCUT2D eigenvalue weighted by atomic mass is 35.5. The van der Waals surface area contributed by atoms with Gasteiger partial charge in [-0.05, 0) is 57.4 Å². The first-order valence-electron chi connectivity index (χ1n) is 10.8. The minimum absolute atomic E-state index is 0.132. The van der Waals surface area contributed by atoms with Crippen LogP contribution in [0.1, 0.15) is 39.2 Å². The fourth-order valence-electron chi connectivity index (χ4n) is 3.90. The predicted octanol–water partition coefficient (Wildman–Crippen LogP) is 4.84. The van der Waals surface area contributed by atoms with Crippen molar-refractivity contribution in [2.75, 3.05) is 18.4 Å². The van der Waals surface area contributed by atoms with Gasteiger partial charge in [-0.3, -0.25) is 4.90 Å². The summed E-state index contributed by atoms with van der Waals surface area (Å²) in [5.74, 6) is 0.745. The Hall–Kier alpha value is -2.84. The van der Waals surface area contributed by atoms with E-state index in [4.69, 9.17) is 16.3 Å². The van der Waals surface area contributed by atoms with E-state index in [1.165, 1.54) is 0 Å². The molecule has 0 atom stereocenters. The van der Waals surface area contributed by atoms with Gasteiger partial charge in [0, 0.05) is 42.6 Å². The van der Waals surface area contributed by atoms with Crippen LogP contribution in [-0.4, -0.2) is 50.7 Å². The van der Waals surface area contributed by atoms with Crippen LogP contribution >= 0.6 is 11.6 Å². The van der Waals surface area contributed by atoms with E-state index in [2.05, 4.69) is 30.5 Å². The molecule has 8 nitrogen and oxygen atoms in total. The molecule has 1 aliphatic heterocycles. The number of benzene rings is 1. The molecule has 2 aromatic heterocycles. The van der Waals surface area contributed by atoms with Gasteiger partial charge in [0.25, 0.3) is 0 Å². The third-order valence-corrected chi connectivity index (χ3v) is 5.58. The third kappa shape index (κ3) is 5.69. The summed E-state index contributed by atoms with van der Waals surface area (Å²) >= 11 is 6.12. The zero-order valence-corrected chi connectivity index (χ0v) is 19.4. The van der Waals surface area contributed by atoms with Gasteiger partial charge in [-0.25, -0.2) is 14.8 Å².